The van der Waals surface area contributed by atoms with Gasteiger partial charge in [0.2, 0.25) is 0 Å². The normalized spacial score (nSPS) is 11.0. The number of methoxy groups -OCH3 is 1. The van der Waals surface area contributed by atoms with E-state index in [1.165, 1.54) is 18.7 Å². The molecule has 0 amide bonds. The van der Waals surface area contributed by atoms with Gasteiger partial charge in [0.15, 0.2) is 11.5 Å². The van der Waals surface area contributed by atoms with E-state index < -0.39 is 0 Å². The smallest absolute Gasteiger partial charge is 0.180 e. The first-order valence-corrected chi connectivity index (χ1v) is 9.21. The third-order valence-electron chi connectivity index (χ3n) is 4.29. The van der Waals surface area contributed by atoms with Crippen LogP contribution in [0.4, 0.5) is 10.1 Å². The number of rotatable bonds is 6. The van der Waals surface area contributed by atoms with Crippen LogP contribution in [0.15, 0.2) is 59.6 Å². The molecule has 0 saturated heterocycles. The van der Waals surface area contributed by atoms with E-state index in [2.05, 4.69) is 11.1 Å². The highest BCUT2D eigenvalue weighted by Gasteiger charge is 2.13. The number of halogens is 2. The summed E-state index contributed by atoms with van der Waals surface area (Å²) in [5, 5.41) is 0.373. The second-order valence-electron chi connectivity index (χ2n) is 6.46. The van der Waals surface area contributed by atoms with Crippen LogP contribution >= 0.6 is 11.6 Å². The van der Waals surface area contributed by atoms with E-state index in [-0.39, 0.29) is 12.4 Å². The zero-order valence-corrected chi connectivity index (χ0v) is 16.8. The molecular formula is C23H21ClFNO2. The molecular weight excluding hydrogens is 377 g/mol. The summed E-state index contributed by atoms with van der Waals surface area (Å²) in [6.45, 7) is 4.12. The average molecular weight is 398 g/mol. The van der Waals surface area contributed by atoms with Crippen LogP contribution < -0.4 is 9.47 Å². The van der Waals surface area contributed by atoms with E-state index in [9.17, 15) is 4.39 Å². The minimum atomic E-state index is -0.324. The topological polar surface area (TPSA) is 30.8 Å². The second-order valence-corrected chi connectivity index (χ2v) is 6.87. The molecule has 0 bridgehead atoms. The predicted molar refractivity (Wildman–Crippen MR) is 112 cm³/mol. The molecule has 0 radical (unpaired) electrons. The van der Waals surface area contributed by atoms with Crippen molar-refractivity contribution in [1.82, 2.24) is 0 Å². The van der Waals surface area contributed by atoms with Gasteiger partial charge in [-0.15, -0.1) is 0 Å². The van der Waals surface area contributed by atoms with Crippen LogP contribution in [0.1, 0.15) is 22.3 Å². The number of hydrogen-bond acceptors (Lipinski definition) is 3. The van der Waals surface area contributed by atoms with Crippen LogP contribution in [0.2, 0.25) is 5.02 Å². The van der Waals surface area contributed by atoms with Gasteiger partial charge in [0.25, 0.3) is 0 Å². The molecule has 0 fully saturated rings. The lowest BCUT2D eigenvalue weighted by atomic mass is 10.1. The first-order valence-electron chi connectivity index (χ1n) is 8.83. The maximum atomic E-state index is 13.8. The molecule has 3 rings (SSSR count). The van der Waals surface area contributed by atoms with Crippen molar-refractivity contribution < 1.29 is 13.9 Å². The number of benzene rings is 3. The first kappa shape index (κ1) is 19.9. The van der Waals surface area contributed by atoms with Gasteiger partial charge in [-0.05, 0) is 49.2 Å². The van der Waals surface area contributed by atoms with Gasteiger partial charge in [-0.2, -0.15) is 0 Å². The van der Waals surface area contributed by atoms with Gasteiger partial charge in [-0.3, -0.25) is 4.99 Å². The molecule has 3 aromatic rings. The lowest BCUT2D eigenvalue weighted by Crippen LogP contribution is -2.01. The number of aliphatic imine (C=N–C) groups is 1. The van der Waals surface area contributed by atoms with Crippen molar-refractivity contribution in [2.24, 2.45) is 4.99 Å². The lowest BCUT2D eigenvalue weighted by molar-refractivity contribution is 0.280. The fraction of sp³-hybridized carbons (Fsp3) is 0.174. The highest BCUT2D eigenvalue weighted by atomic mass is 35.5. The molecule has 3 nitrogen and oxygen atoms in total. The van der Waals surface area contributed by atoms with Gasteiger partial charge in [-0.1, -0.05) is 47.5 Å². The maximum Gasteiger partial charge on any atom is 0.180 e. The molecule has 0 aliphatic rings. The van der Waals surface area contributed by atoms with Crippen molar-refractivity contribution in [2.45, 2.75) is 20.5 Å². The summed E-state index contributed by atoms with van der Waals surface area (Å²) in [7, 11) is 1.53. The van der Waals surface area contributed by atoms with Crippen molar-refractivity contribution in [3.05, 3.63) is 87.7 Å². The number of nitrogens with zero attached hydrogens (tertiary/aromatic N) is 1. The van der Waals surface area contributed by atoms with Gasteiger partial charge < -0.3 is 9.47 Å². The van der Waals surface area contributed by atoms with Gasteiger partial charge in [-0.25, -0.2) is 4.39 Å². The van der Waals surface area contributed by atoms with Crippen LogP contribution in [-0.4, -0.2) is 13.3 Å². The SMILES string of the molecule is COc1cc(C=Nc2ccc(C)cc2C)cc(Cl)c1OCc1ccccc1F. The predicted octanol–water partition coefficient (Wildman–Crippen LogP) is 6.43. The van der Waals surface area contributed by atoms with Crippen molar-refractivity contribution in [3.8, 4) is 11.5 Å². The first-order chi connectivity index (χ1) is 13.5. The molecule has 5 heteroatoms. The van der Waals surface area contributed by atoms with Crippen LogP contribution in [0.5, 0.6) is 11.5 Å². The summed E-state index contributed by atoms with van der Waals surface area (Å²) < 4.78 is 24.9. The summed E-state index contributed by atoms with van der Waals surface area (Å²) in [5.41, 5.74) is 4.40. The number of hydrogen-bond donors (Lipinski definition) is 0. The Morgan fingerprint density at radius 1 is 1.07 bits per heavy atom. The summed E-state index contributed by atoms with van der Waals surface area (Å²) in [6, 6.07) is 16.1. The zero-order valence-electron chi connectivity index (χ0n) is 16.0. The molecule has 0 heterocycles. The van der Waals surface area contributed by atoms with Crippen molar-refractivity contribution >= 4 is 23.5 Å². The molecule has 0 N–H and O–H groups in total. The molecule has 0 aromatic heterocycles. The quantitative estimate of drug-likeness (QED) is 0.448. The van der Waals surface area contributed by atoms with Crippen LogP contribution in [-0.2, 0) is 6.61 Å². The standard InChI is InChI=1S/C23H21ClFNO2/c1-15-8-9-21(16(2)10-15)26-13-17-11-19(24)23(22(12-17)27-3)28-14-18-6-4-5-7-20(18)25/h4-13H,14H2,1-3H3. The summed E-state index contributed by atoms with van der Waals surface area (Å²) in [6.07, 6.45) is 1.73. The van der Waals surface area contributed by atoms with E-state index in [1.807, 2.05) is 26.0 Å². The molecule has 0 aliphatic carbocycles. The highest BCUT2D eigenvalue weighted by molar-refractivity contribution is 6.32. The van der Waals surface area contributed by atoms with Gasteiger partial charge in [0, 0.05) is 11.8 Å². The Labute approximate surface area is 169 Å². The Morgan fingerprint density at radius 2 is 1.86 bits per heavy atom. The van der Waals surface area contributed by atoms with E-state index in [0.29, 0.717) is 22.1 Å². The Hall–Kier alpha value is -2.85. The highest BCUT2D eigenvalue weighted by Crippen LogP contribution is 2.37. The molecule has 144 valence electrons. The largest absolute Gasteiger partial charge is 0.493 e. The molecule has 0 atom stereocenters. The van der Waals surface area contributed by atoms with Crippen molar-refractivity contribution in [2.75, 3.05) is 7.11 Å². The minimum absolute atomic E-state index is 0.0543. The van der Waals surface area contributed by atoms with Crippen molar-refractivity contribution in [1.29, 1.82) is 0 Å². The van der Waals surface area contributed by atoms with Crippen LogP contribution in [0.25, 0.3) is 0 Å². The van der Waals surface area contributed by atoms with Crippen LogP contribution in [0, 0.1) is 19.7 Å². The lowest BCUT2D eigenvalue weighted by Gasteiger charge is -2.13. The summed E-state index contributed by atoms with van der Waals surface area (Å²) in [4.78, 5) is 4.54. The van der Waals surface area contributed by atoms with Gasteiger partial charge >= 0.3 is 0 Å². The molecule has 0 aliphatic heterocycles. The van der Waals surface area contributed by atoms with Gasteiger partial charge in [0.1, 0.15) is 12.4 Å². The van der Waals surface area contributed by atoms with Crippen molar-refractivity contribution in [3.63, 3.8) is 0 Å². The Balaban J connectivity index is 1.83. The number of aryl methyl sites for hydroxylation is 2. The van der Waals surface area contributed by atoms with E-state index >= 15 is 0 Å². The Morgan fingerprint density at radius 3 is 2.57 bits per heavy atom. The van der Waals surface area contributed by atoms with E-state index in [4.69, 9.17) is 21.1 Å². The molecule has 3 aromatic carbocycles. The molecule has 0 spiro atoms. The van der Waals surface area contributed by atoms with Gasteiger partial charge in [0.05, 0.1) is 17.8 Å². The third kappa shape index (κ3) is 4.70. The fourth-order valence-electron chi connectivity index (χ4n) is 2.81. The Bertz CT molecular complexity index is 1020. The minimum Gasteiger partial charge on any atom is -0.493 e. The summed E-state index contributed by atoms with van der Waals surface area (Å²) in [5.74, 6) is 0.511. The molecule has 28 heavy (non-hydrogen) atoms. The fourth-order valence-corrected chi connectivity index (χ4v) is 3.09. The van der Waals surface area contributed by atoms with E-state index in [1.54, 1.807) is 36.5 Å². The second kappa shape index (κ2) is 8.89. The van der Waals surface area contributed by atoms with Crippen LogP contribution in [0.3, 0.4) is 0 Å². The molecule has 0 saturated carbocycles. The number of ether oxygens (including phenoxy) is 2. The monoisotopic (exact) mass is 397 g/mol. The third-order valence-corrected chi connectivity index (χ3v) is 4.57. The maximum absolute atomic E-state index is 13.8. The summed E-state index contributed by atoms with van der Waals surface area (Å²) >= 11 is 6.39. The Kier molecular flexibility index (Phi) is 6.32. The average Bonchev–Trinajstić information content (AvgIpc) is 2.67. The van der Waals surface area contributed by atoms with E-state index in [0.717, 1.165) is 16.8 Å². The zero-order chi connectivity index (χ0) is 20.1. The molecule has 0 unspecified atom stereocenters.